The molecule has 0 unspecified atom stereocenters. The van der Waals surface area contributed by atoms with Crippen molar-refractivity contribution in [2.75, 3.05) is 0 Å². The van der Waals surface area contributed by atoms with Crippen LogP contribution in [0.3, 0.4) is 0 Å². The first-order chi connectivity index (χ1) is 18.9. The molecule has 6 nitrogen and oxygen atoms in total. The third kappa shape index (κ3) is 4.84. The molecule has 2 fully saturated rings. The first-order valence-corrected chi connectivity index (χ1v) is 17.5. The Labute approximate surface area is 239 Å². The SMILES string of the molecule is CCC[C@]12O[C@@H]3C=CC(=O)[C@@]1(O)[C@@H]3[C@@H](O[Si](C)(C)C(C)(C)C)[C@H](OCc1ccccc1)[C@H]2OCc1ccccc1. The van der Waals surface area contributed by atoms with Gasteiger partial charge >= 0.3 is 0 Å². The molecule has 216 valence electrons. The van der Waals surface area contributed by atoms with E-state index in [1.54, 1.807) is 6.08 Å². The summed E-state index contributed by atoms with van der Waals surface area (Å²) in [6.45, 7) is 13.7. The average Bonchev–Trinajstić information content (AvgIpc) is 3.02. The minimum Gasteiger partial charge on any atom is -0.411 e. The number of rotatable bonds is 10. The molecule has 1 aliphatic heterocycles. The molecule has 3 aliphatic rings. The number of ketones is 1. The van der Waals surface area contributed by atoms with Crippen molar-refractivity contribution in [2.45, 2.75) is 108 Å². The standard InChI is InChI=1S/C33H44O6Si/c1-7-20-32-30(37-22-24-16-12-9-13-17-24)29(36-21-23-14-10-8-11-15-23)28(39-40(5,6)31(2,3)4)27-25(38-32)18-19-26(34)33(27,32)35/h8-19,25,27-30,35H,7,20-22H2,1-6H3/t25-,27+,28-,29+,30-,32-,33-/m1/s1. The molecule has 5 rings (SSSR count). The molecule has 1 saturated heterocycles. The second-order valence-corrected chi connectivity index (χ2v) is 17.8. The van der Waals surface area contributed by atoms with E-state index in [2.05, 4.69) is 33.9 Å². The lowest BCUT2D eigenvalue weighted by molar-refractivity contribution is -0.268. The number of ether oxygens (including phenoxy) is 3. The van der Waals surface area contributed by atoms with Crippen LogP contribution in [-0.4, -0.2) is 54.8 Å². The minimum absolute atomic E-state index is 0.0909. The number of hydrogen-bond donors (Lipinski definition) is 1. The van der Waals surface area contributed by atoms with Gasteiger partial charge in [-0.2, -0.15) is 0 Å². The normalized spacial score (nSPS) is 33.4. The summed E-state index contributed by atoms with van der Waals surface area (Å²) < 4.78 is 27.5. The van der Waals surface area contributed by atoms with E-state index in [0.717, 1.165) is 11.1 Å². The Balaban J connectivity index is 1.63. The molecule has 4 bridgehead atoms. The van der Waals surface area contributed by atoms with Crippen molar-refractivity contribution >= 4 is 14.1 Å². The third-order valence-corrected chi connectivity index (χ3v) is 14.0. The highest BCUT2D eigenvalue weighted by Crippen LogP contribution is 2.60. The number of carbonyl (C=O) groups is 1. The van der Waals surface area contributed by atoms with E-state index in [4.69, 9.17) is 18.6 Å². The van der Waals surface area contributed by atoms with Crippen molar-refractivity contribution in [1.82, 2.24) is 0 Å². The lowest BCUT2D eigenvalue weighted by atomic mass is 9.58. The van der Waals surface area contributed by atoms with E-state index in [1.807, 2.05) is 67.6 Å². The van der Waals surface area contributed by atoms with Crippen LogP contribution >= 0.6 is 0 Å². The molecule has 40 heavy (non-hydrogen) atoms. The van der Waals surface area contributed by atoms with Gasteiger partial charge in [0.2, 0.25) is 0 Å². The van der Waals surface area contributed by atoms with Crippen LogP contribution in [0.15, 0.2) is 72.8 Å². The Morgan fingerprint density at radius 2 is 1.50 bits per heavy atom. The zero-order valence-electron chi connectivity index (χ0n) is 24.6. The fraction of sp³-hybridized carbons (Fsp3) is 0.545. The first kappa shape index (κ1) is 29.4. The van der Waals surface area contributed by atoms with Crippen LogP contribution < -0.4 is 0 Å². The summed E-state index contributed by atoms with van der Waals surface area (Å²) in [6, 6.07) is 20.0. The summed E-state index contributed by atoms with van der Waals surface area (Å²) >= 11 is 0. The zero-order chi connectivity index (χ0) is 28.8. The van der Waals surface area contributed by atoms with E-state index in [1.165, 1.54) is 6.08 Å². The molecule has 2 aromatic rings. The Morgan fingerprint density at radius 1 is 0.925 bits per heavy atom. The highest BCUT2D eigenvalue weighted by Gasteiger charge is 2.79. The molecule has 0 spiro atoms. The molecular formula is C33H44O6Si. The summed E-state index contributed by atoms with van der Waals surface area (Å²) in [4.78, 5) is 13.7. The fourth-order valence-corrected chi connectivity index (χ4v) is 7.79. The van der Waals surface area contributed by atoms with Crippen molar-refractivity contribution < 1.29 is 28.5 Å². The van der Waals surface area contributed by atoms with Crippen molar-refractivity contribution in [2.24, 2.45) is 5.92 Å². The van der Waals surface area contributed by atoms with Gasteiger partial charge < -0.3 is 23.7 Å². The lowest BCUT2D eigenvalue weighted by Crippen LogP contribution is -2.76. The van der Waals surface area contributed by atoms with Gasteiger partial charge in [-0.3, -0.25) is 4.79 Å². The van der Waals surface area contributed by atoms with Gasteiger partial charge in [0.05, 0.1) is 31.3 Å². The van der Waals surface area contributed by atoms with Crippen LogP contribution in [0.2, 0.25) is 18.1 Å². The highest BCUT2D eigenvalue weighted by molar-refractivity contribution is 6.74. The van der Waals surface area contributed by atoms with E-state index in [0.29, 0.717) is 26.1 Å². The second kappa shape index (κ2) is 10.9. The van der Waals surface area contributed by atoms with Crippen molar-refractivity contribution in [3.8, 4) is 0 Å². The third-order valence-electron chi connectivity index (χ3n) is 9.49. The lowest BCUT2D eigenvalue weighted by Gasteiger charge is -2.56. The van der Waals surface area contributed by atoms with Crippen molar-refractivity contribution in [3.05, 3.63) is 83.9 Å². The first-order valence-electron chi connectivity index (χ1n) is 14.6. The Hall–Kier alpha value is -2.13. The van der Waals surface area contributed by atoms with Crippen molar-refractivity contribution in [3.63, 3.8) is 0 Å². The van der Waals surface area contributed by atoms with E-state index >= 15 is 0 Å². The molecule has 0 amide bonds. The Morgan fingerprint density at radius 3 is 2.05 bits per heavy atom. The van der Waals surface area contributed by atoms with E-state index in [-0.39, 0.29) is 10.8 Å². The molecule has 1 N–H and O–H groups in total. The predicted octanol–water partition coefficient (Wildman–Crippen LogP) is 5.99. The average molecular weight is 565 g/mol. The van der Waals surface area contributed by atoms with Gasteiger partial charge in [-0.15, -0.1) is 0 Å². The van der Waals surface area contributed by atoms with Crippen LogP contribution in [0.5, 0.6) is 0 Å². The summed E-state index contributed by atoms with van der Waals surface area (Å²) in [5.41, 5.74) is -1.00. The minimum atomic E-state index is -2.38. The summed E-state index contributed by atoms with van der Waals surface area (Å²) in [7, 11) is -2.38. The van der Waals surface area contributed by atoms with Gasteiger partial charge in [0.25, 0.3) is 0 Å². The van der Waals surface area contributed by atoms with Crippen LogP contribution in [0.25, 0.3) is 0 Å². The van der Waals surface area contributed by atoms with Gasteiger partial charge in [0.1, 0.15) is 17.8 Å². The predicted molar refractivity (Wildman–Crippen MR) is 157 cm³/mol. The number of aliphatic hydroxyl groups is 1. The van der Waals surface area contributed by atoms with Crippen LogP contribution in [0.1, 0.15) is 51.7 Å². The van der Waals surface area contributed by atoms with E-state index in [9.17, 15) is 9.90 Å². The summed E-state index contributed by atoms with van der Waals surface area (Å²) in [6.07, 6.45) is 2.09. The maximum Gasteiger partial charge on any atom is 0.192 e. The van der Waals surface area contributed by atoms with Crippen LogP contribution in [0.4, 0.5) is 0 Å². The summed E-state index contributed by atoms with van der Waals surface area (Å²) in [5, 5.41) is 12.5. The Kier molecular flexibility index (Phi) is 8.02. The largest absolute Gasteiger partial charge is 0.411 e. The highest BCUT2D eigenvalue weighted by atomic mass is 28.4. The molecule has 0 aromatic heterocycles. The monoisotopic (exact) mass is 564 g/mol. The van der Waals surface area contributed by atoms with Crippen LogP contribution in [-0.2, 0) is 36.6 Å². The maximum absolute atomic E-state index is 13.7. The van der Waals surface area contributed by atoms with Gasteiger partial charge in [-0.05, 0) is 41.8 Å². The number of benzene rings is 2. The molecule has 2 aliphatic carbocycles. The molecule has 7 heteroatoms. The van der Waals surface area contributed by atoms with E-state index < -0.39 is 49.9 Å². The molecule has 0 radical (unpaired) electrons. The molecule has 1 heterocycles. The molecule has 1 saturated carbocycles. The number of hydrogen-bond acceptors (Lipinski definition) is 6. The van der Waals surface area contributed by atoms with Gasteiger partial charge in [0, 0.05) is 0 Å². The topological polar surface area (TPSA) is 74.2 Å². The molecule has 7 atom stereocenters. The Bertz CT molecular complexity index is 1210. The quantitative estimate of drug-likeness (QED) is 0.358. The fourth-order valence-electron chi connectivity index (χ4n) is 6.48. The van der Waals surface area contributed by atoms with Crippen LogP contribution in [0, 0.1) is 5.92 Å². The number of carbonyl (C=O) groups excluding carboxylic acids is 1. The second-order valence-electron chi connectivity index (χ2n) is 13.1. The van der Waals surface area contributed by atoms with Gasteiger partial charge in [0.15, 0.2) is 19.7 Å². The zero-order valence-corrected chi connectivity index (χ0v) is 25.6. The van der Waals surface area contributed by atoms with Gasteiger partial charge in [-0.1, -0.05) is 101 Å². The summed E-state index contributed by atoms with van der Waals surface area (Å²) in [5.74, 6) is -0.929. The maximum atomic E-state index is 13.7. The van der Waals surface area contributed by atoms with Gasteiger partial charge in [-0.25, -0.2) is 0 Å². The van der Waals surface area contributed by atoms with Crippen molar-refractivity contribution in [1.29, 1.82) is 0 Å². The molecule has 2 aromatic carbocycles. The smallest absolute Gasteiger partial charge is 0.192 e. The molecular weight excluding hydrogens is 520 g/mol.